The number of unbranched alkanes of at least 4 members (excludes halogenated alkanes) is 1. The Morgan fingerprint density at radius 1 is 0.978 bits per heavy atom. The number of hydrogen-bond acceptors (Lipinski definition) is 6. The number of imidazole rings is 1. The molecule has 0 radical (unpaired) electrons. The highest BCUT2D eigenvalue weighted by Gasteiger charge is 2.26. The van der Waals surface area contributed by atoms with E-state index in [9.17, 15) is 9.59 Å². The van der Waals surface area contributed by atoms with Gasteiger partial charge in [-0.1, -0.05) is 60.8 Å². The highest BCUT2D eigenvalue weighted by atomic mass is 35.5. The van der Waals surface area contributed by atoms with E-state index in [0.717, 1.165) is 36.1 Å². The number of nitrogens with one attached hydrogen (secondary N) is 1. The minimum absolute atomic E-state index is 0.342. The molecule has 8 nitrogen and oxygen atoms in total. The van der Waals surface area contributed by atoms with Crippen LogP contribution in [0.5, 0.6) is 5.75 Å². The first-order valence-corrected chi connectivity index (χ1v) is 15.6. The molecule has 0 saturated heterocycles. The second kappa shape index (κ2) is 15.3. The molecule has 3 aromatic carbocycles. The Labute approximate surface area is 274 Å². The maximum absolute atomic E-state index is 13.0. The fourth-order valence-electron chi connectivity index (χ4n) is 4.68. The first kappa shape index (κ1) is 33.9. The second-order valence-corrected chi connectivity index (χ2v) is 12.5. The van der Waals surface area contributed by atoms with Crippen molar-refractivity contribution in [3.8, 4) is 17.0 Å². The molecule has 10 heteroatoms. The smallest absolute Gasteiger partial charge is 0.408 e. The number of ether oxygens (including phenoxy) is 3. The molecule has 0 aliphatic rings. The zero-order valence-electron chi connectivity index (χ0n) is 26.2. The highest BCUT2D eigenvalue weighted by Crippen LogP contribution is 2.32. The monoisotopic (exact) mass is 651 g/mol. The summed E-state index contributed by atoms with van der Waals surface area (Å²) in [5.74, 6) is 1.01. The number of aryl methyl sites for hydroxylation is 1. The number of halogens is 2. The molecular weight excluding hydrogens is 613 g/mol. The van der Waals surface area contributed by atoms with Crippen LogP contribution in [0.3, 0.4) is 0 Å². The fraction of sp³-hybridized carbons (Fsp3) is 0.343. The average molecular weight is 653 g/mol. The van der Waals surface area contributed by atoms with Crippen molar-refractivity contribution in [1.29, 1.82) is 0 Å². The van der Waals surface area contributed by atoms with Crippen LogP contribution in [0.15, 0.2) is 72.9 Å². The number of amides is 1. The maximum atomic E-state index is 13.0. The van der Waals surface area contributed by atoms with Gasteiger partial charge in [0.05, 0.1) is 29.4 Å². The van der Waals surface area contributed by atoms with Crippen LogP contribution in [0.2, 0.25) is 10.0 Å². The predicted octanol–water partition coefficient (Wildman–Crippen LogP) is 8.83. The zero-order chi connectivity index (χ0) is 32.6. The first-order valence-electron chi connectivity index (χ1n) is 14.9. The van der Waals surface area contributed by atoms with Crippen LogP contribution in [0.1, 0.15) is 73.9 Å². The molecule has 1 amide bonds. The van der Waals surface area contributed by atoms with Crippen LogP contribution in [0.4, 0.5) is 4.79 Å². The Kier molecular flexibility index (Phi) is 11.5. The van der Waals surface area contributed by atoms with E-state index in [0.29, 0.717) is 45.9 Å². The van der Waals surface area contributed by atoms with Crippen LogP contribution < -0.4 is 10.1 Å². The Morgan fingerprint density at radius 3 is 2.29 bits per heavy atom. The molecule has 1 N–H and O–H groups in total. The van der Waals surface area contributed by atoms with Crippen LogP contribution in [0.25, 0.3) is 11.3 Å². The molecule has 1 heterocycles. The lowest BCUT2D eigenvalue weighted by Gasteiger charge is -2.24. The summed E-state index contributed by atoms with van der Waals surface area (Å²) < 4.78 is 18.4. The number of carbonyl (C=O) groups is 2. The number of nitrogens with zero attached hydrogens (tertiary/aromatic N) is 2. The summed E-state index contributed by atoms with van der Waals surface area (Å²) in [5.41, 5.74) is 3.18. The fourth-order valence-corrected chi connectivity index (χ4v) is 5.18. The number of benzene rings is 3. The minimum Gasteiger partial charge on any atom is -0.489 e. The molecule has 0 saturated carbocycles. The number of alkyl carbamates (subject to hydrolysis) is 1. The van der Waals surface area contributed by atoms with Gasteiger partial charge >= 0.3 is 12.1 Å². The van der Waals surface area contributed by atoms with Crippen molar-refractivity contribution in [2.75, 3.05) is 7.11 Å². The van der Waals surface area contributed by atoms with E-state index in [1.807, 2.05) is 69.4 Å². The molecular formula is C35H39Cl2N3O5. The van der Waals surface area contributed by atoms with E-state index in [1.54, 1.807) is 24.3 Å². The Balaban J connectivity index is 1.57. The van der Waals surface area contributed by atoms with Gasteiger partial charge in [0.1, 0.15) is 23.8 Å². The molecule has 0 aliphatic carbocycles. The highest BCUT2D eigenvalue weighted by molar-refractivity contribution is 6.36. The van der Waals surface area contributed by atoms with E-state index < -0.39 is 17.7 Å². The van der Waals surface area contributed by atoms with Gasteiger partial charge in [-0.05, 0) is 80.8 Å². The summed E-state index contributed by atoms with van der Waals surface area (Å²) in [6.45, 7) is 8.69. The van der Waals surface area contributed by atoms with Crippen LogP contribution >= 0.6 is 23.2 Å². The molecule has 45 heavy (non-hydrogen) atoms. The standard InChI is InChI=1S/C35H39Cl2N3O5/c1-6-7-18-40-21-31(28-17-14-26(36)20-29(28)37)38-32(40)30(39-34(42)45-35(2,3)4)19-23-10-15-27(16-11-23)44-22-24-8-12-25(13-9-24)33(41)43-5/h8-17,20-21,30H,6-7,18-19,22H2,1-5H3,(H,39,42)/t30-/m0/s1. The average Bonchev–Trinajstić information content (AvgIpc) is 3.42. The van der Waals surface area contributed by atoms with Gasteiger partial charge in [-0.15, -0.1) is 0 Å². The number of rotatable bonds is 12. The van der Waals surface area contributed by atoms with Gasteiger partial charge in [0.15, 0.2) is 0 Å². The Hall–Kier alpha value is -4.01. The number of hydrogen-bond donors (Lipinski definition) is 1. The molecule has 0 unspecified atom stereocenters. The molecule has 238 valence electrons. The van der Waals surface area contributed by atoms with Crippen LogP contribution in [-0.4, -0.2) is 34.3 Å². The van der Waals surface area contributed by atoms with Crippen molar-refractivity contribution in [3.05, 3.63) is 105 Å². The molecule has 4 rings (SSSR count). The lowest BCUT2D eigenvalue weighted by atomic mass is 10.0. The summed E-state index contributed by atoms with van der Waals surface area (Å²) in [6.07, 6.45) is 3.84. The normalized spacial score (nSPS) is 12.0. The molecule has 0 aliphatic heterocycles. The molecule has 0 spiro atoms. The minimum atomic E-state index is -0.660. The molecule has 0 bridgehead atoms. The van der Waals surface area contributed by atoms with Crippen molar-refractivity contribution < 1.29 is 23.8 Å². The third kappa shape index (κ3) is 9.74. The summed E-state index contributed by atoms with van der Waals surface area (Å²) in [4.78, 5) is 29.7. The van der Waals surface area contributed by atoms with Gasteiger partial charge < -0.3 is 24.1 Å². The third-order valence-electron chi connectivity index (χ3n) is 6.91. The Morgan fingerprint density at radius 2 is 1.67 bits per heavy atom. The lowest BCUT2D eigenvalue weighted by Crippen LogP contribution is -2.36. The largest absolute Gasteiger partial charge is 0.489 e. The number of aromatic nitrogens is 2. The summed E-state index contributed by atoms with van der Waals surface area (Å²) in [5, 5.41) is 4.10. The van der Waals surface area contributed by atoms with E-state index >= 15 is 0 Å². The lowest BCUT2D eigenvalue weighted by molar-refractivity contribution is 0.0499. The first-order chi connectivity index (χ1) is 21.5. The van der Waals surface area contributed by atoms with Crippen molar-refractivity contribution in [1.82, 2.24) is 14.9 Å². The topological polar surface area (TPSA) is 91.7 Å². The van der Waals surface area contributed by atoms with Gasteiger partial charge in [0, 0.05) is 29.7 Å². The summed E-state index contributed by atoms with van der Waals surface area (Å²) in [7, 11) is 1.36. The van der Waals surface area contributed by atoms with Crippen molar-refractivity contribution >= 4 is 35.3 Å². The molecule has 1 atom stereocenters. The van der Waals surface area contributed by atoms with E-state index in [-0.39, 0.29) is 5.97 Å². The van der Waals surface area contributed by atoms with Crippen molar-refractivity contribution in [3.63, 3.8) is 0 Å². The second-order valence-electron chi connectivity index (χ2n) is 11.7. The van der Waals surface area contributed by atoms with Gasteiger partial charge in [-0.3, -0.25) is 0 Å². The van der Waals surface area contributed by atoms with Crippen molar-refractivity contribution in [2.24, 2.45) is 0 Å². The quantitative estimate of drug-likeness (QED) is 0.154. The Bertz CT molecular complexity index is 1600. The van der Waals surface area contributed by atoms with E-state index in [4.69, 9.17) is 42.4 Å². The number of methoxy groups -OCH3 is 1. The summed E-state index contributed by atoms with van der Waals surface area (Å²) >= 11 is 12.7. The number of carbonyl (C=O) groups excluding carboxylic acids is 2. The molecule has 0 fully saturated rings. The van der Waals surface area contributed by atoms with Gasteiger partial charge in [0.2, 0.25) is 0 Å². The molecule has 1 aromatic heterocycles. The third-order valence-corrected chi connectivity index (χ3v) is 7.46. The van der Waals surface area contributed by atoms with E-state index in [2.05, 4.69) is 16.8 Å². The summed E-state index contributed by atoms with van der Waals surface area (Å²) in [6, 6.07) is 19.7. The zero-order valence-corrected chi connectivity index (χ0v) is 27.7. The molecule has 4 aromatic rings. The van der Waals surface area contributed by atoms with Crippen LogP contribution in [0, 0.1) is 0 Å². The van der Waals surface area contributed by atoms with Crippen molar-refractivity contribution in [2.45, 2.75) is 71.8 Å². The predicted molar refractivity (Wildman–Crippen MR) is 177 cm³/mol. The number of esters is 1. The van der Waals surface area contributed by atoms with E-state index in [1.165, 1.54) is 7.11 Å². The SMILES string of the molecule is CCCCn1cc(-c2ccc(Cl)cc2Cl)nc1[C@H](Cc1ccc(OCc2ccc(C(=O)OC)cc2)cc1)NC(=O)OC(C)(C)C. The van der Waals surface area contributed by atoms with Gasteiger partial charge in [-0.25, -0.2) is 14.6 Å². The van der Waals surface area contributed by atoms with Gasteiger partial charge in [-0.2, -0.15) is 0 Å². The maximum Gasteiger partial charge on any atom is 0.408 e. The van der Waals surface area contributed by atoms with Gasteiger partial charge in [0.25, 0.3) is 0 Å². The van der Waals surface area contributed by atoms with Crippen LogP contribution in [-0.2, 0) is 29.0 Å².